The highest BCUT2D eigenvalue weighted by Gasteiger charge is 2.10. The van der Waals surface area contributed by atoms with Gasteiger partial charge >= 0.3 is 0 Å². The van der Waals surface area contributed by atoms with Gasteiger partial charge in [-0.3, -0.25) is 9.20 Å². The third kappa shape index (κ3) is 2.43. The molecule has 0 aliphatic rings. The van der Waals surface area contributed by atoms with Gasteiger partial charge in [-0.15, -0.1) is 0 Å². The van der Waals surface area contributed by atoms with Crippen LogP contribution in [0.1, 0.15) is 10.5 Å². The molecule has 0 aromatic carbocycles. The van der Waals surface area contributed by atoms with Crippen LogP contribution >= 0.6 is 22.6 Å². The van der Waals surface area contributed by atoms with Gasteiger partial charge in [0.05, 0.1) is 0 Å². The first-order chi connectivity index (χ1) is 9.24. The van der Waals surface area contributed by atoms with E-state index in [0.29, 0.717) is 11.5 Å². The number of nitrogens with zero attached hydrogens (tertiary/aromatic N) is 3. The third-order valence-electron chi connectivity index (χ3n) is 2.63. The number of amides is 1. The van der Waals surface area contributed by atoms with Gasteiger partial charge in [0.1, 0.15) is 17.2 Å². The van der Waals surface area contributed by atoms with Crippen LogP contribution in [0.3, 0.4) is 0 Å². The molecule has 94 valence electrons. The van der Waals surface area contributed by atoms with Gasteiger partial charge in [0.25, 0.3) is 5.91 Å². The van der Waals surface area contributed by atoms with Crippen molar-refractivity contribution < 1.29 is 4.79 Å². The van der Waals surface area contributed by atoms with Crippen molar-refractivity contribution in [2.45, 2.75) is 0 Å². The predicted octanol–water partition coefficient (Wildman–Crippen LogP) is 2.59. The quantitative estimate of drug-likeness (QED) is 0.712. The number of halogens is 1. The first kappa shape index (κ1) is 12.1. The second-order valence-corrected chi connectivity index (χ2v) is 5.13. The molecule has 5 nitrogen and oxygen atoms in total. The molecule has 1 amide bonds. The summed E-state index contributed by atoms with van der Waals surface area (Å²) < 4.78 is 2.76. The SMILES string of the molecule is O=C(Nc1ccc(I)cn1)c1cccc2nccn12. The number of pyridine rings is 2. The van der Waals surface area contributed by atoms with E-state index in [1.807, 2.05) is 12.1 Å². The van der Waals surface area contributed by atoms with E-state index >= 15 is 0 Å². The van der Waals surface area contributed by atoms with Crippen molar-refractivity contribution in [3.8, 4) is 0 Å². The molecular formula is C13H9IN4O. The number of aromatic nitrogens is 3. The Labute approximate surface area is 122 Å². The molecule has 0 saturated heterocycles. The van der Waals surface area contributed by atoms with Crippen molar-refractivity contribution in [3.63, 3.8) is 0 Å². The highest BCUT2D eigenvalue weighted by molar-refractivity contribution is 14.1. The summed E-state index contributed by atoms with van der Waals surface area (Å²) >= 11 is 2.16. The van der Waals surface area contributed by atoms with Crippen molar-refractivity contribution in [2.75, 3.05) is 5.32 Å². The number of imidazole rings is 1. The molecular weight excluding hydrogens is 355 g/mol. The second-order valence-electron chi connectivity index (χ2n) is 3.88. The number of anilines is 1. The summed E-state index contributed by atoms with van der Waals surface area (Å²) in [5.74, 6) is 0.319. The second kappa shape index (κ2) is 4.96. The van der Waals surface area contributed by atoms with Gasteiger partial charge in [-0.1, -0.05) is 6.07 Å². The van der Waals surface area contributed by atoms with Crippen molar-refractivity contribution in [1.29, 1.82) is 0 Å². The van der Waals surface area contributed by atoms with E-state index in [9.17, 15) is 4.79 Å². The van der Waals surface area contributed by atoms with Crippen LogP contribution in [-0.4, -0.2) is 20.3 Å². The van der Waals surface area contributed by atoms with E-state index in [1.54, 1.807) is 41.2 Å². The Bertz CT molecular complexity index is 736. The Balaban J connectivity index is 1.92. The van der Waals surface area contributed by atoms with E-state index in [1.165, 1.54) is 0 Å². The maximum atomic E-state index is 12.2. The number of fused-ring (bicyclic) bond motifs is 1. The van der Waals surface area contributed by atoms with Crippen molar-refractivity contribution >= 4 is 40.0 Å². The monoisotopic (exact) mass is 364 g/mol. The van der Waals surface area contributed by atoms with Crippen LogP contribution < -0.4 is 5.32 Å². The zero-order valence-electron chi connectivity index (χ0n) is 9.75. The molecule has 0 atom stereocenters. The fourth-order valence-electron chi connectivity index (χ4n) is 1.76. The first-order valence-corrected chi connectivity index (χ1v) is 6.67. The summed E-state index contributed by atoms with van der Waals surface area (Å²) in [7, 11) is 0. The van der Waals surface area contributed by atoms with Crippen molar-refractivity contribution in [1.82, 2.24) is 14.4 Å². The Morgan fingerprint density at radius 3 is 2.89 bits per heavy atom. The maximum Gasteiger partial charge on any atom is 0.273 e. The summed E-state index contributed by atoms with van der Waals surface area (Å²) in [5, 5.41) is 2.77. The normalized spacial score (nSPS) is 10.6. The highest BCUT2D eigenvalue weighted by Crippen LogP contribution is 2.10. The average molecular weight is 364 g/mol. The average Bonchev–Trinajstić information content (AvgIpc) is 2.89. The summed E-state index contributed by atoms with van der Waals surface area (Å²) in [6.45, 7) is 0. The molecule has 0 saturated carbocycles. The molecule has 0 unspecified atom stereocenters. The van der Waals surface area contributed by atoms with Crippen LogP contribution in [0.15, 0.2) is 48.9 Å². The molecule has 3 aromatic rings. The third-order valence-corrected chi connectivity index (χ3v) is 3.27. The largest absolute Gasteiger partial charge is 0.305 e. The minimum absolute atomic E-state index is 0.211. The molecule has 1 N–H and O–H groups in total. The van der Waals surface area contributed by atoms with Crippen molar-refractivity contribution in [2.24, 2.45) is 0 Å². The lowest BCUT2D eigenvalue weighted by Gasteiger charge is -2.06. The van der Waals surface area contributed by atoms with Gasteiger partial charge in [-0.2, -0.15) is 0 Å². The lowest BCUT2D eigenvalue weighted by atomic mass is 10.3. The van der Waals surface area contributed by atoms with Crippen molar-refractivity contribution in [3.05, 3.63) is 58.2 Å². The number of nitrogens with one attached hydrogen (secondary N) is 1. The number of hydrogen-bond acceptors (Lipinski definition) is 3. The maximum absolute atomic E-state index is 12.2. The number of hydrogen-bond donors (Lipinski definition) is 1. The van der Waals surface area contributed by atoms with Gasteiger partial charge < -0.3 is 5.32 Å². The number of carbonyl (C=O) groups is 1. The summed E-state index contributed by atoms with van der Waals surface area (Å²) in [5.41, 5.74) is 1.26. The molecule has 0 spiro atoms. The minimum atomic E-state index is -0.211. The van der Waals surface area contributed by atoms with Gasteiger partial charge in [-0.25, -0.2) is 9.97 Å². The Morgan fingerprint density at radius 1 is 1.21 bits per heavy atom. The molecule has 6 heteroatoms. The highest BCUT2D eigenvalue weighted by atomic mass is 127. The molecule has 0 fully saturated rings. The zero-order valence-corrected chi connectivity index (χ0v) is 11.9. The lowest BCUT2D eigenvalue weighted by molar-refractivity contribution is 0.102. The van der Waals surface area contributed by atoms with Gasteiger partial charge in [0, 0.05) is 22.2 Å². The summed E-state index contributed by atoms with van der Waals surface area (Å²) in [4.78, 5) is 20.5. The van der Waals surface area contributed by atoms with Gasteiger partial charge in [-0.05, 0) is 46.9 Å². The number of carbonyl (C=O) groups excluding carboxylic acids is 1. The van der Waals surface area contributed by atoms with E-state index in [-0.39, 0.29) is 5.91 Å². The van der Waals surface area contributed by atoms with Crippen LogP contribution in [0, 0.1) is 3.57 Å². The first-order valence-electron chi connectivity index (χ1n) is 5.59. The fourth-order valence-corrected chi connectivity index (χ4v) is 2.08. The molecule has 0 aliphatic carbocycles. The smallest absolute Gasteiger partial charge is 0.273 e. The Morgan fingerprint density at radius 2 is 2.11 bits per heavy atom. The lowest BCUT2D eigenvalue weighted by Crippen LogP contribution is -2.16. The molecule has 3 rings (SSSR count). The fraction of sp³-hybridized carbons (Fsp3) is 0. The van der Waals surface area contributed by atoms with Crippen LogP contribution in [-0.2, 0) is 0 Å². The van der Waals surface area contributed by atoms with Gasteiger partial charge in [0.15, 0.2) is 0 Å². The van der Waals surface area contributed by atoms with E-state index in [2.05, 4.69) is 37.9 Å². The van der Waals surface area contributed by atoms with E-state index in [4.69, 9.17) is 0 Å². The van der Waals surface area contributed by atoms with Crippen LogP contribution in [0.5, 0.6) is 0 Å². The summed E-state index contributed by atoms with van der Waals surface area (Å²) in [6.07, 6.45) is 5.12. The van der Waals surface area contributed by atoms with Crippen LogP contribution in [0.2, 0.25) is 0 Å². The molecule has 0 bridgehead atoms. The number of rotatable bonds is 2. The zero-order chi connectivity index (χ0) is 13.2. The van der Waals surface area contributed by atoms with E-state index < -0.39 is 0 Å². The molecule has 3 heterocycles. The molecule has 0 radical (unpaired) electrons. The van der Waals surface area contributed by atoms with Gasteiger partial charge in [0.2, 0.25) is 0 Å². The summed E-state index contributed by atoms with van der Waals surface area (Å²) in [6, 6.07) is 9.06. The van der Waals surface area contributed by atoms with Crippen LogP contribution in [0.25, 0.3) is 5.65 Å². The van der Waals surface area contributed by atoms with E-state index in [0.717, 1.165) is 9.22 Å². The topological polar surface area (TPSA) is 59.3 Å². The Hall–Kier alpha value is -1.96. The standard InChI is InChI=1S/C13H9IN4O/c14-9-4-5-11(16-8-9)17-13(19)10-2-1-3-12-15-6-7-18(10)12/h1-8H,(H,16,17,19). The molecule has 0 aliphatic heterocycles. The minimum Gasteiger partial charge on any atom is -0.305 e. The van der Waals surface area contributed by atoms with Crippen LogP contribution in [0.4, 0.5) is 5.82 Å². The molecule has 19 heavy (non-hydrogen) atoms. The Kier molecular flexibility index (Phi) is 3.16. The molecule has 3 aromatic heterocycles. The predicted molar refractivity (Wildman–Crippen MR) is 80.1 cm³/mol.